The topological polar surface area (TPSA) is 37.8 Å². The second kappa shape index (κ2) is 4.61. The summed E-state index contributed by atoms with van der Waals surface area (Å²) in [6, 6.07) is 2.00. The fraction of sp³-hybridized carbons (Fsp3) is 0.600. The molecule has 0 atom stereocenters. The van der Waals surface area contributed by atoms with E-state index in [4.69, 9.17) is 0 Å². The van der Waals surface area contributed by atoms with E-state index >= 15 is 0 Å². The highest BCUT2D eigenvalue weighted by atomic mass is 32.2. The maximum atomic E-state index is 4.21. The molecule has 0 radical (unpaired) electrons. The van der Waals surface area contributed by atoms with Crippen LogP contribution in [-0.4, -0.2) is 33.8 Å². The van der Waals surface area contributed by atoms with Gasteiger partial charge in [-0.25, -0.2) is 9.97 Å². The third-order valence-electron chi connectivity index (χ3n) is 2.68. The van der Waals surface area contributed by atoms with E-state index in [0.717, 1.165) is 17.4 Å². The Kier molecular flexibility index (Phi) is 3.41. The number of nitrogens with one attached hydrogen (secondary N) is 1. The molecule has 0 saturated heterocycles. The highest BCUT2D eigenvalue weighted by Crippen LogP contribution is 2.46. The van der Waals surface area contributed by atoms with E-state index in [9.17, 15) is 0 Å². The second-order valence-electron chi connectivity index (χ2n) is 3.69. The Morgan fingerprint density at radius 1 is 1.40 bits per heavy atom. The van der Waals surface area contributed by atoms with Crippen LogP contribution in [0.1, 0.15) is 12.8 Å². The minimum Gasteiger partial charge on any atom is -0.369 e. The van der Waals surface area contributed by atoms with Crippen molar-refractivity contribution >= 4 is 29.3 Å². The first-order valence-electron chi connectivity index (χ1n) is 4.93. The van der Waals surface area contributed by atoms with Crippen LogP contribution < -0.4 is 5.32 Å². The first kappa shape index (κ1) is 11.1. The van der Waals surface area contributed by atoms with Crippen molar-refractivity contribution in [2.75, 3.05) is 24.4 Å². The lowest BCUT2D eigenvalue weighted by molar-refractivity contribution is 0.929. The molecule has 2 rings (SSSR count). The molecule has 1 N–H and O–H groups in total. The van der Waals surface area contributed by atoms with E-state index in [-0.39, 0.29) is 0 Å². The SMILES string of the molecule is CSc1cc(NCC2(SC)CC2)ncn1. The Morgan fingerprint density at radius 2 is 2.20 bits per heavy atom. The van der Waals surface area contributed by atoms with Crippen molar-refractivity contribution in [1.82, 2.24) is 9.97 Å². The van der Waals surface area contributed by atoms with Crippen molar-refractivity contribution in [3.05, 3.63) is 12.4 Å². The molecule has 1 fully saturated rings. The Bertz CT molecular complexity index is 339. The predicted molar refractivity (Wildman–Crippen MR) is 67.8 cm³/mol. The molecular weight excluding hydrogens is 226 g/mol. The summed E-state index contributed by atoms with van der Waals surface area (Å²) in [5.41, 5.74) is 0. The molecule has 15 heavy (non-hydrogen) atoms. The third kappa shape index (κ3) is 2.78. The predicted octanol–water partition coefficient (Wildman–Crippen LogP) is 2.51. The van der Waals surface area contributed by atoms with Crippen LogP contribution in [0.25, 0.3) is 0 Å². The first-order valence-corrected chi connectivity index (χ1v) is 7.38. The summed E-state index contributed by atoms with van der Waals surface area (Å²) >= 11 is 3.60. The number of hydrogen-bond donors (Lipinski definition) is 1. The van der Waals surface area contributed by atoms with Crippen molar-refractivity contribution in [2.45, 2.75) is 22.6 Å². The van der Waals surface area contributed by atoms with Gasteiger partial charge in [-0.3, -0.25) is 0 Å². The summed E-state index contributed by atoms with van der Waals surface area (Å²) in [5, 5.41) is 4.40. The lowest BCUT2D eigenvalue weighted by Gasteiger charge is -2.13. The molecule has 1 aromatic rings. The van der Waals surface area contributed by atoms with Crippen LogP contribution in [0.3, 0.4) is 0 Å². The summed E-state index contributed by atoms with van der Waals surface area (Å²) in [6.07, 6.45) is 8.47. The maximum Gasteiger partial charge on any atom is 0.130 e. The number of anilines is 1. The van der Waals surface area contributed by atoms with E-state index in [2.05, 4.69) is 21.5 Å². The summed E-state index contributed by atoms with van der Waals surface area (Å²) in [5.74, 6) is 0.940. The zero-order valence-electron chi connectivity index (χ0n) is 8.99. The van der Waals surface area contributed by atoms with Gasteiger partial charge in [-0.05, 0) is 25.4 Å². The van der Waals surface area contributed by atoms with Gasteiger partial charge in [-0.1, -0.05) is 0 Å². The number of aromatic nitrogens is 2. The van der Waals surface area contributed by atoms with Crippen molar-refractivity contribution in [3.63, 3.8) is 0 Å². The molecule has 82 valence electrons. The van der Waals surface area contributed by atoms with E-state index in [0.29, 0.717) is 4.75 Å². The molecule has 0 aromatic carbocycles. The summed E-state index contributed by atoms with van der Waals surface area (Å²) in [6.45, 7) is 1.01. The highest BCUT2D eigenvalue weighted by molar-refractivity contribution is 8.00. The zero-order valence-corrected chi connectivity index (χ0v) is 10.6. The van der Waals surface area contributed by atoms with Gasteiger partial charge in [0.2, 0.25) is 0 Å². The van der Waals surface area contributed by atoms with Crippen LogP contribution in [0.2, 0.25) is 0 Å². The van der Waals surface area contributed by atoms with Gasteiger partial charge in [0.25, 0.3) is 0 Å². The largest absolute Gasteiger partial charge is 0.369 e. The quantitative estimate of drug-likeness (QED) is 0.633. The summed E-state index contributed by atoms with van der Waals surface area (Å²) in [7, 11) is 0. The Labute approximate surface area is 98.9 Å². The van der Waals surface area contributed by atoms with Gasteiger partial charge in [-0.2, -0.15) is 11.8 Å². The van der Waals surface area contributed by atoms with Crippen LogP contribution in [0, 0.1) is 0 Å². The average molecular weight is 241 g/mol. The van der Waals surface area contributed by atoms with Gasteiger partial charge < -0.3 is 5.32 Å². The first-order chi connectivity index (χ1) is 7.28. The van der Waals surface area contributed by atoms with Gasteiger partial charge in [-0.15, -0.1) is 11.8 Å². The van der Waals surface area contributed by atoms with Crippen molar-refractivity contribution in [3.8, 4) is 0 Å². The average Bonchev–Trinajstić information content (AvgIpc) is 3.07. The fourth-order valence-corrected chi connectivity index (χ4v) is 2.50. The van der Waals surface area contributed by atoms with Crippen LogP contribution in [-0.2, 0) is 0 Å². The van der Waals surface area contributed by atoms with Gasteiger partial charge in [0.05, 0.1) is 0 Å². The standard InChI is InChI=1S/C10H15N3S2/c1-14-9-5-8(12-7-13-9)11-6-10(15-2)3-4-10/h5,7H,3-4,6H2,1-2H3,(H,11,12,13). The normalized spacial score (nSPS) is 17.5. The molecule has 0 amide bonds. The van der Waals surface area contributed by atoms with E-state index in [1.165, 1.54) is 12.8 Å². The zero-order chi connectivity index (χ0) is 10.7. The molecule has 1 heterocycles. The van der Waals surface area contributed by atoms with E-state index in [1.54, 1.807) is 18.1 Å². The fourth-order valence-electron chi connectivity index (χ4n) is 1.39. The van der Waals surface area contributed by atoms with Crippen molar-refractivity contribution in [2.24, 2.45) is 0 Å². The molecule has 0 unspecified atom stereocenters. The molecule has 1 aliphatic carbocycles. The second-order valence-corrected chi connectivity index (χ2v) is 5.79. The number of thioether (sulfide) groups is 2. The van der Waals surface area contributed by atoms with Crippen LogP contribution in [0.15, 0.2) is 17.4 Å². The molecule has 5 heteroatoms. The lowest BCUT2D eigenvalue weighted by atomic mass is 10.4. The summed E-state index contributed by atoms with van der Waals surface area (Å²) in [4.78, 5) is 8.35. The molecule has 1 aliphatic rings. The smallest absolute Gasteiger partial charge is 0.130 e. The molecule has 1 saturated carbocycles. The van der Waals surface area contributed by atoms with Gasteiger partial charge in [0.1, 0.15) is 17.2 Å². The summed E-state index contributed by atoms with van der Waals surface area (Å²) < 4.78 is 0.477. The van der Waals surface area contributed by atoms with Gasteiger partial charge in [0.15, 0.2) is 0 Å². The minimum absolute atomic E-state index is 0.477. The molecule has 1 aromatic heterocycles. The number of rotatable bonds is 5. The van der Waals surface area contributed by atoms with Gasteiger partial charge >= 0.3 is 0 Å². The lowest BCUT2D eigenvalue weighted by Crippen LogP contribution is -2.18. The Morgan fingerprint density at radius 3 is 2.80 bits per heavy atom. The van der Waals surface area contributed by atoms with Crippen molar-refractivity contribution < 1.29 is 0 Å². The number of hydrogen-bond acceptors (Lipinski definition) is 5. The molecule has 3 nitrogen and oxygen atoms in total. The molecule has 0 bridgehead atoms. The number of nitrogens with zero attached hydrogens (tertiary/aromatic N) is 2. The van der Waals surface area contributed by atoms with Crippen LogP contribution >= 0.6 is 23.5 Å². The highest BCUT2D eigenvalue weighted by Gasteiger charge is 2.41. The third-order valence-corrected chi connectivity index (χ3v) is 4.74. The maximum absolute atomic E-state index is 4.21. The molecule has 0 spiro atoms. The van der Waals surface area contributed by atoms with Crippen LogP contribution in [0.5, 0.6) is 0 Å². The minimum atomic E-state index is 0.477. The van der Waals surface area contributed by atoms with E-state index < -0.39 is 0 Å². The van der Waals surface area contributed by atoms with Crippen molar-refractivity contribution in [1.29, 1.82) is 0 Å². The Balaban J connectivity index is 1.93. The Hall–Kier alpha value is -0.420. The van der Waals surface area contributed by atoms with Gasteiger partial charge in [0, 0.05) is 17.4 Å². The molecular formula is C10H15N3S2. The molecule has 0 aliphatic heterocycles. The monoisotopic (exact) mass is 241 g/mol. The van der Waals surface area contributed by atoms with Crippen LogP contribution in [0.4, 0.5) is 5.82 Å². The van der Waals surface area contributed by atoms with E-state index in [1.807, 2.05) is 24.1 Å².